The van der Waals surface area contributed by atoms with E-state index in [1.165, 1.54) is 4.90 Å². The zero-order chi connectivity index (χ0) is 11.8. The highest BCUT2D eigenvalue weighted by atomic mass is 35.5. The maximum atomic E-state index is 11.1. The summed E-state index contributed by atoms with van der Waals surface area (Å²) in [7, 11) is 0. The van der Waals surface area contributed by atoms with Gasteiger partial charge in [-0.3, -0.25) is 14.7 Å². The van der Waals surface area contributed by atoms with Gasteiger partial charge >= 0.3 is 0 Å². The summed E-state index contributed by atoms with van der Waals surface area (Å²) in [6.45, 7) is 0. The van der Waals surface area contributed by atoms with Gasteiger partial charge in [-0.15, -0.1) is 11.3 Å². The molecular formula is C10H7ClN4OS. The Labute approximate surface area is 106 Å². The van der Waals surface area contributed by atoms with E-state index >= 15 is 0 Å². The van der Waals surface area contributed by atoms with Gasteiger partial charge in [0, 0.05) is 17.8 Å². The largest absolute Gasteiger partial charge is 0.278 e. The van der Waals surface area contributed by atoms with E-state index in [-0.39, 0.29) is 0 Å². The van der Waals surface area contributed by atoms with Crippen LogP contribution in [0.15, 0.2) is 34.0 Å². The van der Waals surface area contributed by atoms with Crippen LogP contribution in [0, 0.1) is 0 Å². The monoisotopic (exact) mass is 266 g/mol. The van der Waals surface area contributed by atoms with Crippen LogP contribution in [0.25, 0.3) is 4.83 Å². The zero-order valence-corrected chi connectivity index (χ0v) is 10.1. The third-order valence-electron chi connectivity index (χ3n) is 2.50. The molecule has 0 saturated carbocycles. The molecule has 0 aromatic carbocycles. The number of carbonyl (C=O) groups is 1. The van der Waals surface area contributed by atoms with E-state index in [0.29, 0.717) is 11.6 Å². The number of rotatable bonds is 2. The maximum Gasteiger partial charge on any atom is 0.216 e. The first-order chi connectivity index (χ1) is 8.31. The Balaban J connectivity index is 2.10. The fourth-order valence-electron chi connectivity index (χ4n) is 1.72. The summed E-state index contributed by atoms with van der Waals surface area (Å²) in [5, 5.41) is 6.48. The van der Waals surface area contributed by atoms with Crippen molar-refractivity contribution in [3.05, 3.63) is 34.6 Å². The van der Waals surface area contributed by atoms with Crippen molar-refractivity contribution in [2.75, 3.05) is 0 Å². The standard InChI is InChI=1S/C10H7ClN4OS/c11-8-1-2-12-9(14(8)6-16)7-5-13-15-3-4-17-10(7)15/h1-6,9H. The number of aromatic nitrogens is 2. The van der Waals surface area contributed by atoms with Crippen molar-refractivity contribution < 1.29 is 4.79 Å². The zero-order valence-electron chi connectivity index (χ0n) is 8.52. The first-order valence-electron chi connectivity index (χ1n) is 4.84. The number of halogens is 1. The quantitative estimate of drug-likeness (QED) is 0.617. The SMILES string of the molecule is O=CN1C(Cl)=CC=NC1c1cnn2ccsc12. The van der Waals surface area contributed by atoms with Gasteiger partial charge in [0.05, 0.1) is 11.8 Å². The molecule has 1 unspecified atom stereocenters. The van der Waals surface area contributed by atoms with Gasteiger partial charge in [0.25, 0.3) is 0 Å². The fraction of sp³-hybridized carbons (Fsp3) is 0.100. The van der Waals surface area contributed by atoms with Crippen molar-refractivity contribution in [3.8, 4) is 0 Å². The minimum atomic E-state index is -0.429. The average Bonchev–Trinajstić information content (AvgIpc) is 2.90. The topological polar surface area (TPSA) is 50.0 Å². The normalized spacial score (nSPS) is 19.7. The highest BCUT2D eigenvalue weighted by molar-refractivity contribution is 7.15. The number of carbonyl (C=O) groups excluding carboxylic acids is 1. The molecule has 7 heteroatoms. The number of allylic oxidation sites excluding steroid dienone is 1. The minimum Gasteiger partial charge on any atom is -0.278 e. The van der Waals surface area contributed by atoms with Crippen LogP contribution in [0.2, 0.25) is 0 Å². The van der Waals surface area contributed by atoms with Gasteiger partial charge in [-0.2, -0.15) is 5.10 Å². The van der Waals surface area contributed by atoms with Crippen LogP contribution in [0.4, 0.5) is 0 Å². The first kappa shape index (κ1) is 10.5. The summed E-state index contributed by atoms with van der Waals surface area (Å²) in [5.74, 6) is 0. The predicted octanol–water partition coefficient (Wildman–Crippen LogP) is 2.02. The van der Waals surface area contributed by atoms with Gasteiger partial charge in [-0.25, -0.2) is 4.52 Å². The van der Waals surface area contributed by atoms with Crippen molar-refractivity contribution in [1.29, 1.82) is 0 Å². The van der Waals surface area contributed by atoms with Crippen LogP contribution in [0.1, 0.15) is 11.7 Å². The highest BCUT2D eigenvalue weighted by Crippen LogP contribution is 2.32. The Bertz CT molecular complexity index is 629. The minimum absolute atomic E-state index is 0.357. The molecule has 0 spiro atoms. The van der Waals surface area contributed by atoms with Gasteiger partial charge in [-0.1, -0.05) is 11.6 Å². The van der Waals surface area contributed by atoms with Gasteiger partial charge in [0.15, 0.2) is 6.17 Å². The lowest BCUT2D eigenvalue weighted by molar-refractivity contribution is -0.117. The number of hydrogen-bond acceptors (Lipinski definition) is 4. The molecule has 86 valence electrons. The van der Waals surface area contributed by atoms with E-state index in [0.717, 1.165) is 10.4 Å². The van der Waals surface area contributed by atoms with Crippen LogP contribution in [-0.2, 0) is 4.79 Å². The molecule has 1 amide bonds. The Hall–Kier alpha value is -1.66. The second-order valence-corrected chi connectivity index (χ2v) is 4.71. The van der Waals surface area contributed by atoms with Crippen LogP contribution >= 0.6 is 22.9 Å². The van der Waals surface area contributed by atoms with Crippen LogP contribution in [-0.4, -0.2) is 27.1 Å². The summed E-state index contributed by atoms with van der Waals surface area (Å²) in [6.07, 6.45) is 7.00. The highest BCUT2D eigenvalue weighted by Gasteiger charge is 2.25. The molecular weight excluding hydrogens is 260 g/mol. The summed E-state index contributed by atoms with van der Waals surface area (Å²) in [6, 6.07) is 0. The Morgan fingerprint density at radius 2 is 2.41 bits per heavy atom. The van der Waals surface area contributed by atoms with E-state index in [9.17, 15) is 4.79 Å². The van der Waals surface area contributed by atoms with Gasteiger partial charge < -0.3 is 0 Å². The van der Waals surface area contributed by atoms with Crippen LogP contribution < -0.4 is 0 Å². The number of fused-ring (bicyclic) bond motifs is 1. The number of thiazole rings is 1. The fourth-order valence-corrected chi connectivity index (χ4v) is 2.72. The summed E-state index contributed by atoms with van der Waals surface area (Å²) < 4.78 is 1.75. The third kappa shape index (κ3) is 1.57. The van der Waals surface area contributed by atoms with Crippen molar-refractivity contribution in [2.24, 2.45) is 4.99 Å². The van der Waals surface area contributed by atoms with Crippen molar-refractivity contribution >= 4 is 40.4 Å². The second-order valence-electron chi connectivity index (χ2n) is 3.43. The molecule has 5 nitrogen and oxygen atoms in total. The molecule has 0 radical (unpaired) electrons. The smallest absolute Gasteiger partial charge is 0.216 e. The van der Waals surface area contributed by atoms with Crippen molar-refractivity contribution in [3.63, 3.8) is 0 Å². The molecule has 3 rings (SSSR count). The Morgan fingerprint density at radius 3 is 3.24 bits per heavy atom. The molecule has 17 heavy (non-hydrogen) atoms. The van der Waals surface area contributed by atoms with E-state index in [2.05, 4.69) is 10.1 Å². The number of nitrogens with zero attached hydrogens (tertiary/aromatic N) is 4. The van der Waals surface area contributed by atoms with Crippen molar-refractivity contribution in [1.82, 2.24) is 14.5 Å². The van der Waals surface area contributed by atoms with E-state index in [1.807, 2.05) is 11.6 Å². The molecule has 2 aromatic rings. The third-order valence-corrected chi connectivity index (χ3v) is 3.72. The number of aliphatic imine (C=N–C) groups is 1. The maximum absolute atomic E-state index is 11.1. The number of amides is 1. The van der Waals surface area contributed by atoms with Crippen molar-refractivity contribution in [2.45, 2.75) is 6.17 Å². The second kappa shape index (κ2) is 3.97. The Kier molecular flexibility index (Phi) is 2.45. The molecule has 1 aliphatic heterocycles. The number of hydrogen-bond donors (Lipinski definition) is 0. The molecule has 0 fully saturated rings. The lowest BCUT2D eigenvalue weighted by Gasteiger charge is -2.25. The average molecular weight is 267 g/mol. The molecule has 0 bridgehead atoms. The summed E-state index contributed by atoms with van der Waals surface area (Å²) in [5.41, 5.74) is 0.870. The molecule has 1 aliphatic rings. The molecule has 3 heterocycles. The summed E-state index contributed by atoms with van der Waals surface area (Å²) in [4.78, 5) is 17.7. The molecule has 0 aliphatic carbocycles. The summed E-state index contributed by atoms with van der Waals surface area (Å²) >= 11 is 7.51. The van der Waals surface area contributed by atoms with Gasteiger partial charge in [-0.05, 0) is 6.08 Å². The predicted molar refractivity (Wildman–Crippen MR) is 66.1 cm³/mol. The van der Waals surface area contributed by atoms with Crippen LogP contribution in [0.5, 0.6) is 0 Å². The molecule has 1 atom stereocenters. The first-order valence-corrected chi connectivity index (χ1v) is 6.10. The Morgan fingerprint density at radius 1 is 1.53 bits per heavy atom. The van der Waals surface area contributed by atoms with E-state index in [4.69, 9.17) is 11.6 Å². The lowest BCUT2D eigenvalue weighted by atomic mass is 10.2. The van der Waals surface area contributed by atoms with Gasteiger partial charge in [0.1, 0.15) is 9.99 Å². The van der Waals surface area contributed by atoms with Gasteiger partial charge in [0.2, 0.25) is 6.41 Å². The molecule has 2 aromatic heterocycles. The van der Waals surface area contributed by atoms with E-state index in [1.54, 1.807) is 34.3 Å². The van der Waals surface area contributed by atoms with E-state index < -0.39 is 6.17 Å². The lowest BCUT2D eigenvalue weighted by Crippen LogP contribution is -2.25. The molecule has 0 saturated heterocycles. The van der Waals surface area contributed by atoms with Crippen LogP contribution in [0.3, 0.4) is 0 Å². The molecule has 0 N–H and O–H groups in total.